The molecule has 0 fully saturated rings. The van der Waals surface area contributed by atoms with Crippen molar-refractivity contribution in [2.24, 2.45) is 4.99 Å². The van der Waals surface area contributed by atoms with E-state index in [9.17, 15) is 4.39 Å². The number of aryl methyl sites for hydroxylation is 1. The van der Waals surface area contributed by atoms with Gasteiger partial charge in [0.1, 0.15) is 11.5 Å². The number of benzene rings is 2. The highest BCUT2D eigenvalue weighted by molar-refractivity contribution is 7.78. The van der Waals surface area contributed by atoms with Gasteiger partial charge < -0.3 is 0 Å². The lowest BCUT2D eigenvalue weighted by molar-refractivity contribution is 0.630. The van der Waals surface area contributed by atoms with Crippen LogP contribution >= 0.6 is 12.2 Å². The van der Waals surface area contributed by atoms with Crippen LogP contribution in [0, 0.1) is 5.82 Å². The van der Waals surface area contributed by atoms with Crippen LogP contribution in [0.2, 0.25) is 0 Å². The summed E-state index contributed by atoms with van der Waals surface area (Å²) in [6, 6.07) is 13.1. The van der Waals surface area contributed by atoms with Gasteiger partial charge in [-0.15, -0.1) is 0 Å². The van der Waals surface area contributed by atoms with Gasteiger partial charge in [0.05, 0.1) is 5.16 Å². The summed E-state index contributed by atoms with van der Waals surface area (Å²) in [5.41, 5.74) is 3.38. The van der Waals surface area contributed by atoms with E-state index >= 15 is 0 Å². The van der Waals surface area contributed by atoms with Crippen LogP contribution in [0.1, 0.15) is 23.6 Å². The van der Waals surface area contributed by atoms with Crippen molar-refractivity contribution in [3.8, 4) is 0 Å². The standard InChI is InChI=1S/C17H14FNS/c1-2-13-3-5-14(6-4-13)7-8-15-9-10-17(19-12-20)16(18)11-15/h3-11H,2H2,1H3/b8-7+. The predicted octanol–water partition coefficient (Wildman–Crippen LogP) is 5.29. The summed E-state index contributed by atoms with van der Waals surface area (Å²) in [5.74, 6) is -0.397. The molecule has 0 unspecified atom stereocenters. The Balaban J connectivity index is 2.18. The third-order valence-electron chi connectivity index (χ3n) is 2.99. The lowest BCUT2D eigenvalue weighted by atomic mass is 10.1. The number of aliphatic imine (C=N–C) groups is 1. The molecule has 0 heterocycles. The molecule has 0 amide bonds. The highest BCUT2D eigenvalue weighted by Gasteiger charge is 2.00. The molecule has 0 radical (unpaired) electrons. The van der Waals surface area contributed by atoms with Crippen molar-refractivity contribution in [2.45, 2.75) is 13.3 Å². The number of thiocarbonyl (C=S) groups is 1. The molecule has 20 heavy (non-hydrogen) atoms. The number of halogens is 1. The summed E-state index contributed by atoms with van der Waals surface area (Å²) in [7, 11) is 0. The molecule has 0 aliphatic rings. The minimum atomic E-state index is -0.397. The molecule has 0 aromatic heterocycles. The highest BCUT2D eigenvalue weighted by atomic mass is 32.1. The zero-order chi connectivity index (χ0) is 14.4. The molecule has 0 bridgehead atoms. The van der Waals surface area contributed by atoms with Crippen molar-refractivity contribution in [1.82, 2.24) is 0 Å². The van der Waals surface area contributed by atoms with Gasteiger partial charge in [0, 0.05) is 0 Å². The van der Waals surface area contributed by atoms with E-state index in [1.807, 2.05) is 12.2 Å². The first-order valence-electron chi connectivity index (χ1n) is 6.37. The second-order valence-electron chi connectivity index (χ2n) is 4.34. The second kappa shape index (κ2) is 6.90. The first kappa shape index (κ1) is 14.3. The molecule has 0 N–H and O–H groups in total. The topological polar surface area (TPSA) is 12.4 Å². The van der Waals surface area contributed by atoms with Crippen LogP contribution in [0.5, 0.6) is 0 Å². The lowest BCUT2D eigenvalue weighted by Crippen LogP contribution is -1.80. The zero-order valence-electron chi connectivity index (χ0n) is 11.1. The van der Waals surface area contributed by atoms with Crippen LogP contribution in [0.15, 0.2) is 47.5 Å². The summed E-state index contributed by atoms with van der Waals surface area (Å²) in [6.45, 7) is 2.12. The van der Waals surface area contributed by atoms with E-state index in [4.69, 9.17) is 0 Å². The van der Waals surface area contributed by atoms with Crippen LogP contribution in [0.25, 0.3) is 12.2 Å². The largest absolute Gasteiger partial charge is 0.205 e. The van der Waals surface area contributed by atoms with E-state index in [2.05, 4.69) is 53.6 Å². The number of rotatable bonds is 4. The van der Waals surface area contributed by atoms with E-state index in [1.54, 1.807) is 12.1 Å². The van der Waals surface area contributed by atoms with Crippen LogP contribution < -0.4 is 0 Å². The Kier molecular flexibility index (Phi) is 4.94. The molecule has 0 saturated heterocycles. The Morgan fingerprint density at radius 1 is 1.10 bits per heavy atom. The fourth-order valence-electron chi connectivity index (χ4n) is 1.82. The number of hydrogen-bond acceptors (Lipinski definition) is 2. The van der Waals surface area contributed by atoms with Gasteiger partial charge >= 0.3 is 0 Å². The predicted molar refractivity (Wildman–Crippen MR) is 85.8 cm³/mol. The summed E-state index contributed by atoms with van der Waals surface area (Å²) >= 11 is 4.46. The number of nitrogens with zero attached hydrogens (tertiary/aromatic N) is 1. The molecule has 0 spiro atoms. The molecule has 0 aliphatic heterocycles. The van der Waals surface area contributed by atoms with Crippen molar-refractivity contribution in [3.05, 3.63) is 65.0 Å². The first-order chi connectivity index (χ1) is 9.72. The Labute approximate surface area is 123 Å². The van der Waals surface area contributed by atoms with Crippen LogP contribution in [0.3, 0.4) is 0 Å². The van der Waals surface area contributed by atoms with Crippen molar-refractivity contribution >= 4 is 35.2 Å². The van der Waals surface area contributed by atoms with E-state index in [1.165, 1.54) is 11.6 Å². The molecule has 2 aromatic rings. The third kappa shape index (κ3) is 3.70. The van der Waals surface area contributed by atoms with E-state index in [0.717, 1.165) is 17.5 Å². The van der Waals surface area contributed by atoms with Crippen LogP contribution in [0.4, 0.5) is 10.1 Å². The molecule has 2 rings (SSSR count). The van der Waals surface area contributed by atoms with Gasteiger partial charge in [-0.3, -0.25) is 0 Å². The average Bonchev–Trinajstić information content (AvgIpc) is 2.48. The number of isothiocyanates is 1. The zero-order valence-corrected chi connectivity index (χ0v) is 12.0. The maximum absolute atomic E-state index is 13.6. The molecule has 1 nitrogen and oxygen atoms in total. The second-order valence-corrected chi connectivity index (χ2v) is 4.52. The van der Waals surface area contributed by atoms with Gasteiger partial charge in [-0.25, -0.2) is 4.39 Å². The Morgan fingerprint density at radius 2 is 1.75 bits per heavy atom. The SMILES string of the molecule is CCc1ccc(/C=C/c2ccc(N=C=S)c(F)c2)cc1. The monoisotopic (exact) mass is 283 g/mol. The molecule has 3 heteroatoms. The summed E-state index contributed by atoms with van der Waals surface area (Å²) < 4.78 is 13.6. The minimum absolute atomic E-state index is 0.212. The van der Waals surface area contributed by atoms with E-state index in [0.29, 0.717) is 0 Å². The van der Waals surface area contributed by atoms with Crippen molar-refractivity contribution < 1.29 is 4.39 Å². The molecule has 0 saturated carbocycles. The number of hydrogen-bond donors (Lipinski definition) is 0. The Bertz CT molecular complexity index is 668. The van der Waals surface area contributed by atoms with Crippen molar-refractivity contribution in [2.75, 3.05) is 0 Å². The van der Waals surface area contributed by atoms with E-state index < -0.39 is 5.82 Å². The van der Waals surface area contributed by atoms with Gasteiger partial charge in [-0.1, -0.05) is 49.4 Å². The van der Waals surface area contributed by atoms with Crippen molar-refractivity contribution in [1.29, 1.82) is 0 Å². The fraction of sp³-hybridized carbons (Fsp3) is 0.118. The van der Waals surface area contributed by atoms with Gasteiger partial charge in [0.15, 0.2) is 0 Å². The molecule has 0 aliphatic carbocycles. The average molecular weight is 283 g/mol. The van der Waals surface area contributed by atoms with Gasteiger partial charge in [-0.2, -0.15) is 4.99 Å². The maximum Gasteiger partial charge on any atom is 0.150 e. The molecular formula is C17H14FNS. The highest BCUT2D eigenvalue weighted by Crippen LogP contribution is 2.19. The van der Waals surface area contributed by atoms with Crippen LogP contribution in [-0.2, 0) is 6.42 Å². The summed E-state index contributed by atoms with van der Waals surface area (Å²) in [5, 5.41) is 2.16. The smallest absolute Gasteiger partial charge is 0.150 e. The molecular weight excluding hydrogens is 269 g/mol. The Morgan fingerprint density at radius 3 is 2.35 bits per heavy atom. The lowest BCUT2D eigenvalue weighted by Gasteiger charge is -1.99. The minimum Gasteiger partial charge on any atom is -0.205 e. The quantitative estimate of drug-likeness (QED) is 0.422. The molecule has 100 valence electrons. The summed E-state index contributed by atoms with van der Waals surface area (Å²) in [6.07, 6.45) is 4.85. The van der Waals surface area contributed by atoms with Crippen LogP contribution in [-0.4, -0.2) is 5.16 Å². The van der Waals surface area contributed by atoms with Gasteiger partial charge in [0.2, 0.25) is 0 Å². The first-order valence-corrected chi connectivity index (χ1v) is 6.78. The van der Waals surface area contributed by atoms with Gasteiger partial charge in [-0.05, 0) is 47.5 Å². The van der Waals surface area contributed by atoms with Gasteiger partial charge in [0.25, 0.3) is 0 Å². The maximum atomic E-state index is 13.6. The fourth-order valence-corrected chi connectivity index (χ4v) is 1.92. The van der Waals surface area contributed by atoms with Crippen molar-refractivity contribution in [3.63, 3.8) is 0 Å². The summed E-state index contributed by atoms with van der Waals surface area (Å²) in [4.78, 5) is 3.65. The molecule has 2 aromatic carbocycles. The third-order valence-corrected chi connectivity index (χ3v) is 3.09. The Hall–Kier alpha value is -2.09. The normalized spacial score (nSPS) is 10.5. The van der Waals surface area contributed by atoms with E-state index in [-0.39, 0.29) is 5.69 Å². The molecule has 0 atom stereocenters.